The largest absolute Gasteiger partial charge is 0.494 e. The van der Waals surface area contributed by atoms with Crippen molar-refractivity contribution in [2.75, 3.05) is 24.6 Å². The number of hydrogen-bond acceptors (Lipinski definition) is 5. The molecule has 0 amide bonds. The molecule has 1 aliphatic heterocycles. The summed E-state index contributed by atoms with van der Waals surface area (Å²) in [6, 6.07) is 8.33. The Hall–Kier alpha value is -2.17. The van der Waals surface area contributed by atoms with E-state index in [-0.39, 0.29) is 22.9 Å². The molecule has 0 fully saturated rings. The molecule has 0 saturated heterocycles. The second-order valence-electron chi connectivity index (χ2n) is 6.23. The first kappa shape index (κ1) is 19.6. The van der Waals surface area contributed by atoms with Crippen molar-refractivity contribution < 1.29 is 26.0 Å². The SMILES string of the molecule is COc1ccc(S(=O)(=O)Nc2ccc3c(c2)CN(S(C)(=O)=O)CC3)cc1F. The van der Waals surface area contributed by atoms with Crippen LogP contribution in [0.5, 0.6) is 5.75 Å². The highest BCUT2D eigenvalue weighted by Gasteiger charge is 2.24. The van der Waals surface area contributed by atoms with Gasteiger partial charge in [-0.15, -0.1) is 0 Å². The van der Waals surface area contributed by atoms with Gasteiger partial charge in [-0.1, -0.05) is 6.07 Å². The Balaban J connectivity index is 1.87. The van der Waals surface area contributed by atoms with Crippen LogP contribution in [0.25, 0.3) is 0 Å². The molecule has 0 bridgehead atoms. The van der Waals surface area contributed by atoms with E-state index in [0.717, 1.165) is 23.4 Å². The number of halogens is 1. The summed E-state index contributed by atoms with van der Waals surface area (Å²) in [7, 11) is -6.05. The third kappa shape index (κ3) is 4.23. The molecule has 1 aliphatic rings. The van der Waals surface area contributed by atoms with Crippen LogP contribution in [0.2, 0.25) is 0 Å². The molecule has 2 aromatic rings. The zero-order valence-corrected chi connectivity index (χ0v) is 16.4. The van der Waals surface area contributed by atoms with Crippen molar-refractivity contribution in [1.29, 1.82) is 0 Å². The minimum Gasteiger partial charge on any atom is -0.494 e. The van der Waals surface area contributed by atoms with Crippen molar-refractivity contribution in [3.8, 4) is 5.75 Å². The third-order valence-corrected chi connectivity index (χ3v) is 6.97. The fraction of sp³-hybridized carbons (Fsp3) is 0.294. The van der Waals surface area contributed by atoms with Crippen LogP contribution in [0, 0.1) is 5.82 Å². The van der Waals surface area contributed by atoms with Gasteiger partial charge in [0.15, 0.2) is 11.6 Å². The Bertz CT molecular complexity index is 1080. The number of benzene rings is 2. The molecule has 0 spiro atoms. The lowest BCUT2D eigenvalue weighted by atomic mass is 10.0. The van der Waals surface area contributed by atoms with E-state index in [2.05, 4.69) is 4.72 Å². The summed E-state index contributed by atoms with van der Waals surface area (Å²) in [4.78, 5) is -0.240. The van der Waals surface area contributed by atoms with Crippen molar-refractivity contribution in [2.24, 2.45) is 0 Å². The molecule has 1 heterocycles. The van der Waals surface area contributed by atoms with Gasteiger partial charge in [0, 0.05) is 18.8 Å². The van der Waals surface area contributed by atoms with Gasteiger partial charge in [0.25, 0.3) is 10.0 Å². The monoisotopic (exact) mass is 414 g/mol. The number of hydrogen-bond donors (Lipinski definition) is 1. The van der Waals surface area contributed by atoms with Crippen LogP contribution in [-0.2, 0) is 33.0 Å². The number of ether oxygens (including phenoxy) is 1. The van der Waals surface area contributed by atoms with Crippen molar-refractivity contribution in [3.63, 3.8) is 0 Å². The number of anilines is 1. The van der Waals surface area contributed by atoms with E-state index in [1.165, 1.54) is 23.5 Å². The first-order valence-corrected chi connectivity index (χ1v) is 11.4. The van der Waals surface area contributed by atoms with E-state index in [4.69, 9.17) is 4.74 Å². The minimum absolute atomic E-state index is 0.0522. The summed E-state index contributed by atoms with van der Waals surface area (Å²) < 4.78 is 70.9. The quantitative estimate of drug-likeness (QED) is 0.807. The fourth-order valence-electron chi connectivity index (χ4n) is 2.91. The van der Waals surface area contributed by atoms with Crippen LogP contribution < -0.4 is 9.46 Å². The Kier molecular flexibility index (Phi) is 5.15. The average Bonchev–Trinajstić information content (AvgIpc) is 2.60. The highest BCUT2D eigenvalue weighted by Crippen LogP contribution is 2.26. The number of fused-ring (bicyclic) bond motifs is 1. The third-order valence-electron chi connectivity index (χ3n) is 4.34. The second kappa shape index (κ2) is 7.10. The van der Waals surface area contributed by atoms with Gasteiger partial charge in [-0.3, -0.25) is 4.72 Å². The molecule has 7 nitrogen and oxygen atoms in total. The molecule has 10 heteroatoms. The first-order valence-electron chi connectivity index (χ1n) is 8.03. The van der Waals surface area contributed by atoms with Gasteiger partial charge >= 0.3 is 0 Å². The molecular weight excluding hydrogens is 395 g/mol. The van der Waals surface area contributed by atoms with Crippen LogP contribution >= 0.6 is 0 Å². The molecule has 0 aliphatic carbocycles. The Morgan fingerprint density at radius 3 is 2.44 bits per heavy atom. The van der Waals surface area contributed by atoms with E-state index in [9.17, 15) is 21.2 Å². The summed E-state index contributed by atoms with van der Waals surface area (Å²) in [5.41, 5.74) is 1.97. The molecule has 0 unspecified atom stereocenters. The lowest BCUT2D eigenvalue weighted by Crippen LogP contribution is -2.35. The predicted molar refractivity (Wildman–Crippen MR) is 99.2 cm³/mol. The maximum absolute atomic E-state index is 13.8. The maximum Gasteiger partial charge on any atom is 0.262 e. The summed E-state index contributed by atoms with van der Waals surface area (Å²) in [5.74, 6) is -0.835. The van der Waals surface area contributed by atoms with E-state index in [1.807, 2.05) is 0 Å². The summed E-state index contributed by atoms with van der Waals surface area (Å²) in [5, 5.41) is 0. The van der Waals surface area contributed by atoms with Crippen LogP contribution in [0.4, 0.5) is 10.1 Å². The summed E-state index contributed by atoms with van der Waals surface area (Å²) in [6.07, 6.45) is 1.70. The predicted octanol–water partition coefficient (Wildman–Crippen LogP) is 1.95. The molecule has 0 radical (unpaired) electrons. The Labute approximate surface area is 157 Å². The topological polar surface area (TPSA) is 92.8 Å². The van der Waals surface area contributed by atoms with Crippen LogP contribution in [0.15, 0.2) is 41.3 Å². The van der Waals surface area contributed by atoms with Gasteiger partial charge < -0.3 is 4.74 Å². The molecule has 3 rings (SSSR count). The maximum atomic E-state index is 13.8. The van der Waals surface area contributed by atoms with Crippen molar-refractivity contribution in [3.05, 3.63) is 53.3 Å². The molecule has 0 atom stereocenters. The number of nitrogens with zero attached hydrogens (tertiary/aromatic N) is 1. The molecule has 2 aromatic carbocycles. The van der Waals surface area contributed by atoms with Gasteiger partial charge in [-0.25, -0.2) is 21.2 Å². The number of methoxy groups -OCH3 is 1. The van der Waals surface area contributed by atoms with Crippen molar-refractivity contribution in [1.82, 2.24) is 4.31 Å². The van der Waals surface area contributed by atoms with Crippen molar-refractivity contribution >= 4 is 25.7 Å². The minimum atomic E-state index is -4.01. The van der Waals surface area contributed by atoms with Crippen LogP contribution in [-0.4, -0.2) is 41.1 Å². The number of rotatable bonds is 5. The fourth-order valence-corrected chi connectivity index (χ4v) is 4.76. The van der Waals surface area contributed by atoms with Gasteiger partial charge in [0.1, 0.15) is 0 Å². The molecule has 0 aromatic heterocycles. The van der Waals surface area contributed by atoms with Gasteiger partial charge in [0.05, 0.1) is 18.3 Å². The lowest BCUT2D eigenvalue weighted by Gasteiger charge is -2.27. The van der Waals surface area contributed by atoms with E-state index in [0.29, 0.717) is 13.0 Å². The first-order chi connectivity index (χ1) is 12.6. The Morgan fingerprint density at radius 1 is 1.07 bits per heavy atom. The lowest BCUT2D eigenvalue weighted by molar-refractivity contribution is 0.385. The highest BCUT2D eigenvalue weighted by molar-refractivity contribution is 7.92. The zero-order chi connectivity index (χ0) is 19.8. The summed E-state index contributed by atoms with van der Waals surface area (Å²) in [6.45, 7) is 0.572. The second-order valence-corrected chi connectivity index (χ2v) is 9.90. The standard InChI is InChI=1S/C17H19FN2O5S2/c1-25-17-6-5-15(10-16(17)18)27(23,24)19-14-4-3-12-7-8-20(26(2,21)22)11-13(12)9-14/h3-6,9-10,19H,7-8,11H2,1-2H3. The van der Waals surface area contributed by atoms with Gasteiger partial charge in [-0.05, 0) is 47.9 Å². The molecule has 0 saturated carbocycles. The normalized spacial score (nSPS) is 15.2. The smallest absolute Gasteiger partial charge is 0.262 e. The van der Waals surface area contributed by atoms with Crippen LogP contribution in [0.1, 0.15) is 11.1 Å². The molecular formula is C17H19FN2O5S2. The van der Waals surface area contributed by atoms with Gasteiger partial charge in [0.2, 0.25) is 10.0 Å². The molecule has 27 heavy (non-hydrogen) atoms. The molecule has 146 valence electrons. The van der Waals surface area contributed by atoms with Crippen molar-refractivity contribution in [2.45, 2.75) is 17.9 Å². The number of sulfonamides is 2. The molecule has 1 N–H and O–H groups in total. The highest BCUT2D eigenvalue weighted by atomic mass is 32.2. The van der Waals surface area contributed by atoms with E-state index >= 15 is 0 Å². The van der Waals surface area contributed by atoms with Crippen LogP contribution in [0.3, 0.4) is 0 Å². The number of nitrogens with one attached hydrogen (secondary N) is 1. The Morgan fingerprint density at radius 2 is 1.81 bits per heavy atom. The summed E-state index contributed by atoms with van der Waals surface area (Å²) >= 11 is 0. The van der Waals surface area contributed by atoms with E-state index in [1.54, 1.807) is 18.2 Å². The average molecular weight is 414 g/mol. The van der Waals surface area contributed by atoms with Gasteiger partial charge in [-0.2, -0.15) is 4.31 Å². The van der Waals surface area contributed by atoms with E-state index < -0.39 is 25.9 Å². The zero-order valence-electron chi connectivity index (χ0n) is 14.8.